The zero-order chi connectivity index (χ0) is 5.11. The Labute approximate surface area is 39.9 Å². The Morgan fingerprint density at radius 3 is 2.86 bits per heavy atom. The first-order valence-corrected chi connectivity index (χ1v) is 1.69. The van der Waals surface area contributed by atoms with E-state index in [2.05, 4.69) is 15.2 Å². The Morgan fingerprint density at radius 2 is 2.57 bits per heavy atom. The van der Waals surface area contributed by atoms with Gasteiger partial charge in [-0.15, -0.1) is 16.5 Å². The van der Waals surface area contributed by atoms with Crippen molar-refractivity contribution in [1.82, 2.24) is 0 Å². The van der Waals surface area contributed by atoms with Crippen molar-refractivity contribution in [3.8, 4) is 0 Å². The Hall–Kier alpha value is -1.19. The number of hydrogen-bond donors (Lipinski definition) is 0. The van der Waals surface area contributed by atoms with Gasteiger partial charge in [0, 0.05) is 0 Å². The second-order valence-corrected chi connectivity index (χ2v) is 0.936. The summed E-state index contributed by atoms with van der Waals surface area (Å²) in [6.07, 6.45) is 1.77. The number of hydrogen-bond acceptors (Lipinski definition) is 4. The molecule has 0 aromatic carbocycles. The second-order valence-electron chi connectivity index (χ2n) is 0.936. The summed E-state index contributed by atoms with van der Waals surface area (Å²) in [6.45, 7) is 0. The highest BCUT2D eigenvalue weighted by molar-refractivity contribution is 5.58. The molecule has 36 valence electrons. The molecular weight excluding hydrogens is 94.1 g/mol. The van der Waals surface area contributed by atoms with Crippen LogP contribution in [0.3, 0.4) is 0 Å². The molecule has 0 bridgehead atoms. The van der Waals surface area contributed by atoms with E-state index in [4.69, 9.17) is 0 Å². The lowest BCUT2D eigenvalue weighted by Gasteiger charge is -1.85. The third-order valence-electron chi connectivity index (χ3n) is 0.507. The summed E-state index contributed by atoms with van der Waals surface area (Å²) in [5.74, 6) is 0.139. The highest BCUT2D eigenvalue weighted by Crippen LogP contribution is 2.00. The topological polar surface area (TPSA) is 60.1 Å². The lowest BCUT2D eigenvalue weighted by molar-refractivity contribution is -0.276. The van der Waals surface area contributed by atoms with E-state index in [1.54, 1.807) is 0 Å². The molecule has 1 aliphatic rings. The highest BCUT2D eigenvalue weighted by Gasteiger charge is 1.86. The molecule has 0 radical (unpaired) electrons. The minimum Gasteiger partial charge on any atom is -0.875 e. The van der Waals surface area contributed by atoms with Crippen LogP contribution in [0.15, 0.2) is 27.3 Å². The van der Waals surface area contributed by atoms with Crippen LogP contribution in [0.5, 0.6) is 0 Å². The van der Waals surface area contributed by atoms with Crippen LogP contribution in [0.1, 0.15) is 0 Å². The van der Waals surface area contributed by atoms with Gasteiger partial charge in [-0.25, -0.2) is 4.99 Å². The van der Waals surface area contributed by atoms with Crippen LogP contribution < -0.4 is 5.11 Å². The van der Waals surface area contributed by atoms with Gasteiger partial charge in [-0.2, -0.15) is 0 Å². The van der Waals surface area contributed by atoms with Gasteiger partial charge in [-0.05, 0) is 0 Å². The molecule has 1 aliphatic heterocycles. The average molecular weight is 96.1 g/mol. The molecule has 4 nitrogen and oxygen atoms in total. The first kappa shape index (κ1) is 3.98. The molecular formula is C3H2N3O-. The van der Waals surface area contributed by atoms with Gasteiger partial charge >= 0.3 is 0 Å². The monoisotopic (exact) mass is 96.0 g/mol. The van der Waals surface area contributed by atoms with E-state index >= 15 is 0 Å². The molecule has 1 rings (SSSR count). The lowest BCUT2D eigenvalue weighted by atomic mass is 10.8. The SMILES string of the molecule is [O-]C=C1N=CN=N1. The van der Waals surface area contributed by atoms with E-state index in [0.717, 1.165) is 0 Å². The van der Waals surface area contributed by atoms with Gasteiger partial charge in [0.2, 0.25) is 0 Å². The van der Waals surface area contributed by atoms with Crippen LogP contribution >= 0.6 is 0 Å². The summed E-state index contributed by atoms with van der Waals surface area (Å²) >= 11 is 0. The van der Waals surface area contributed by atoms with Gasteiger partial charge in [0.1, 0.15) is 6.34 Å². The molecule has 0 aliphatic carbocycles. The molecule has 0 aromatic heterocycles. The summed E-state index contributed by atoms with van der Waals surface area (Å²) < 4.78 is 0. The first-order chi connectivity index (χ1) is 3.43. The van der Waals surface area contributed by atoms with E-state index in [1.165, 1.54) is 6.34 Å². The fraction of sp³-hybridized carbons (Fsp3) is 0. The zero-order valence-corrected chi connectivity index (χ0v) is 3.40. The van der Waals surface area contributed by atoms with Crippen molar-refractivity contribution in [2.45, 2.75) is 0 Å². The highest BCUT2D eigenvalue weighted by atomic mass is 16.2. The molecule has 0 spiro atoms. The summed E-state index contributed by atoms with van der Waals surface area (Å²) in [5, 5.41) is 16.3. The smallest absolute Gasteiger partial charge is 0.160 e. The van der Waals surface area contributed by atoms with Crippen molar-refractivity contribution in [2.24, 2.45) is 15.2 Å². The average Bonchev–Trinajstić information content (AvgIpc) is 2.14. The molecule has 7 heavy (non-hydrogen) atoms. The zero-order valence-electron chi connectivity index (χ0n) is 3.40. The number of azo groups is 1. The second kappa shape index (κ2) is 1.51. The molecule has 0 fully saturated rings. The van der Waals surface area contributed by atoms with Crippen molar-refractivity contribution in [1.29, 1.82) is 0 Å². The van der Waals surface area contributed by atoms with Crippen LogP contribution in [0.2, 0.25) is 0 Å². The summed E-state index contributed by atoms with van der Waals surface area (Å²) in [6, 6.07) is 0. The van der Waals surface area contributed by atoms with Crippen LogP contribution in [-0.2, 0) is 0 Å². The minimum absolute atomic E-state index is 0.139. The van der Waals surface area contributed by atoms with E-state index < -0.39 is 0 Å². The molecule has 4 heteroatoms. The fourth-order valence-electron chi connectivity index (χ4n) is 0.250. The van der Waals surface area contributed by atoms with Crippen LogP contribution in [0.25, 0.3) is 0 Å². The maximum Gasteiger partial charge on any atom is 0.160 e. The van der Waals surface area contributed by atoms with Crippen LogP contribution in [0, 0.1) is 0 Å². The fourth-order valence-corrected chi connectivity index (χ4v) is 0.250. The number of aliphatic imine (C=N–C) groups is 1. The van der Waals surface area contributed by atoms with Crippen LogP contribution in [0.4, 0.5) is 0 Å². The van der Waals surface area contributed by atoms with Gasteiger partial charge in [-0.1, -0.05) is 0 Å². The summed E-state index contributed by atoms with van der Waals surface area (Å²) in [4.78, 5) is 3.44. The van der Waals surface area contributed by atoms with E-state index in [-0.39, 0.29) is 5.82 Å². The molecule has 0 atom stereocenters. The molecule has 0 saturated carbocycles. The standard InChI is InChI=1S/C3H3N3O/c7-1-3-4-2-5-6-3/h1-2,7H/p-1. The Morgan fingerprint density at radius 1 is 1.71 bits per heavy atom. The molecule has 0 saturated heterocycles. The minimum atomic E-state index is 0.139. The van der Waals surface area contributed by atoms with Crippen molar-refractivity contribution in [3.05, 3.63) is 12.1 Å². The molecule has 0 amide bonds. The quantitative estimate of drug-likeness (QED) is 0.380. The Bertz CT molecular complexity index is 132. The Kier molecular flexibility index (Phi) is 0.856. The van der Waals surface area contributed by atoms with Crippen molar-refractivity contribution in [3.63, 3.8) is 0 Å². The third kappa shape index (κ3) is 0.623. The Balaban J connectivity index is 2.79. The van der Waals surface area contributed by atoms with E-state index in [0.29, 0.717) is 6.26 Å². The third-order valence-corrected chi connectivity index (χ3v) is 0.507. The predicted molar refractivity (Wildman–Crippen MR) is 21.4 cm³/mol. The summed E-state index contributed by atoms with van der Waals surface area (Å²) in [5.41, 5.74) is 0. The summed E-state index contributed by atoms with van der Waals surface area (Å²) in [7, 11) is 0. The number of nitrogens with zero attached hydrogens (tertiary/aromatic N) is 3. The maximum atomic E-state index is 9.70. The van der Waals surface area contributed by atoms with E-state index in [9.17, 15) is 5.11 Å². The molecule has 1 heterocycles. The van der Waals surface area contributed by atoms with Crippen molar-refractivity contribution >= 4 is 6.34 Å². The first-order valence-electron chi connectivity index (χ1n) is 1.69. The van der Waals surface area contributed by atoms with Gasteiger partial charge in [-0.3, -0.25) is 0 Å². The van der Waals surface area contributed by atoms with Gasteiger partial charge < -0.3 is 5.11 Å². The van der Waals surface area contributed by atoms with Gasteiger partial charge in [0.05, 0.1) is 0 Å². The van der Waals surface area contributed by atoms with Crippen molar-refractivity contribution in [2.75, 3.05) is 0 Å². The normalized spacial score (nSPS) is 22.0. The molecule has 0 aromatic rings. The number of rotatable bonds is 0. The lowest BCUT2D eigenvalue weighted by Crippen LogP contribution is -1.86. The largest absolute Gasteiger partial charge is 0.875 e. The van der Waals surface area contributed by atoms with E-state index in [1.807, 2.05) is 0 Å². The van der Waals surface area contributed by atoms with Crippen molar-refractivity contribution < 1.29 is 5.11 Å². The molecule has 0 unspecified atom stereocenters. The molecule has 0 N–H and O–H groups in total. The van der Waals surface area contributed by atoms with Gasteiger partial charge in [0.15, 0.2) is 5.82 Å². The maximum absolute atomic E-state index is 9.70. The van der Waals surface area contributed by atoms with Gasteiger partial charge in [0.25, 0.3) is 0 Å². The van der Waals surface area contributed by atoms with Crippen LogP contribution in [-0.4, -0.2) is 6.34 Å². The predicted octanol–water partition coefficient (Wildman–Crippen LogP) is -0.360.